The van der Waals surface area contributed by atoms with Crippen LogP contribution < -0.4 is 10.6 Å². The van der Waals surface area contributed by atoms with Gasteiger partial charge in [-0.25, -0.2) is 9.48 Å². The number of aromatic nitrogens is 2. The summed E-state index contributed by atoms with van der Waals surface area (Å²) in [6.07, 6.45) is 5.76. The molecule has 6 heteroatoms. The van der Waals surface area contributed by atoms with E-state index in [-0.39, 0.29) is 18.6 Å². The maximum Gasteiger partial charge on any atom is 0.320 e. The molecule has 1 aromatic rings. The zero-order chi connectivity index (χ0) is 16.6. The third-order valence-corrected chi connectivity index (χ3v) is 3.93. The topological polar surface area (TPSA) is 79.2 Å². The number of rotatable bonds is 9. The van der Waals surface area contributed by atoms with Gasteiger partial charge in [0.1, 0.15) is 5.82 Å². The molecule has 1 heterocycles. The predicted octanol–water partition coefficient (Wildman–Crippen LogP) is 3.31. The summed E-state index contributed by atoms with van der Waals surface area (Å²) in [6, 6.07) is 1.69. The van der Waals surface area contributed by atoms with Crippen molar-refractivity contribution in [1.82, 2.24) is 15.1 Å². The van der Waals surface area contributed by atoms with Crippen molar-refractivity contribution in [1.29, 1.82) is 0 Å². The molecular formula is C16H30N4O2. The Morgan fingerprint density at radius 1 is 1.36 bits per heavy atom. The molecule has 2 amide bonds. The number of hydrogen-bond donors (Lipinski definition) is 3. The molecule has 1 aromatic heterocycles. The first-order chi connectivity index (χ1) is 10.5. The average Bonchev–Trinajstić information content (AvgIpc) is 2.93. The van der Waals surface area contributed by atoms with Gasteiger partial charge < -0.3 is 10.4 Å². The van der Waals surface area contributed by atoms with Gasteiger partial charge in [0.2, 0.25) is 0 Å². The lowest BCUT2D eigenvalue weighted by Gasteiger charge is -2.27. The molecule has 0 saturated heterocycles. The number of carbonyl (C=O) groups excluding carboxylic acids is 1. The summed E-state index contributed by atoms with van der Waals surface area (Å²) in [5.41, 5.74) is -0.822. The molecule has 1 rings (SSSR count). The van der Waals surface area contributed by atoms with Gasteiger partial charge in [0.05, 0.1) is 17.8 Å². The first kappa shape index (κ1) is 18.5. The fourth-order valence-corrected chi connectivity index (χ4v) is 2.58. The maximum absolute atomic E-state index is 12.1. The summed E-state index contributed by atoms with van der Waals surface area (Å²) in [5, 5.41) is 20.3. The second-order valence-electron chi connectivity index (χ2n) is 5.95. The van der Waals surface area contributed by atoms with Gasteiger partial charge in [0, 0.05) is 12.6 Å². The molecule has 0 aliphatic heterocycles. The Bertz CT molecular complexity index is 453. The van der Waals surface area contributed by atoms with Crippen molar-refractivity contribution < 1.29 is 9.90 Å². The van der Waals surface area contributed by atoms with Crippen LogP contribution >= 0.6 is 0 Å². The molecule has 0 saturated carbocycles. The van der Waals surface area contributed by atoms with E-state index in [0.717, 1.165) is 19.3 Å². The minimum absolute atomic E-state index is 0.224. The van der Waals surface area contributed by atoms with Crippen LogP contribution in [0.1, 0.15) is 65.8 Å². The Hall–Kier alpha value is -1.56. The molecule has 3 N–H and O–H groups in total. The largest absolute Gasteiger partial charge is 0.388 e. The third kappa shape index (κ3) is 5.33. The van der Waals surface area contributed by atoms with E-state index in [2.05, 4.69) is 29.6 Å². The van der Waals surface area contributed by atoms with Gasteiger partial charge in [-0.05, 0) is 26.2 Å². The average molecular weight is 310 g/mol. The molecule has 0 fully saturated rings. The number of aliphatic hydroxyl groups is 1. The molecule has 0 bridgehead atoms. The van der Waals surface area contributed by atoms with Gasteiger partial charge in [-0.15, -0.1) is 0 Å². The van der Waals surface area contributed by atoms with Gasteiger partial charge in [0.25, 0.3) is 0 Å². The summed E-state index contributed by atoms with van der Waals surface area (Å²) < 4.78 is 1.80. The lowest BCUT2D eigenvalue weighted by molar-refractivity contribution is 0.0245. The van der Waals surface area contributed by atoms with Crippen LogP contribution in [0, 0.1) is 0 Å². The molecule has 6 nitrogen and oxygen atoms in total. The molecule has 0 aliphatic carbocycles. The molecule has 0 spiro atoms. The Morgan fingerprint density at radius 3 is 2.55 bits per heavy atom. The number of anilines is 1. The van der Waals surface area contributed by atoms with Crippen molar-refractivity contribution in [2.24, 2.45) is 0 Å². The lowest BCUT2D eigenvalue weighted by Crippen LogP contribution is -2.44. The highest BCUT2D eigenvalue weighted by Gasteiger charge is 2.25. The number of carbonyl (C=O) groups is 1. The zero-order valence-electron chi connectivity index (χ0n) is 14.2. The van der Waals surface area contributed by atoms with Crippen LogP contribution in [-0.4, -0.2) is 33.1 Å². The van der Waals surface area contributed by atoms with Crippen LogP contribution in [0.3, 0.4) is 0 Å². The fourth-order valence-electron chi connectivity index (χ4n) is 2.58. The number of hydrogen-bond acceptors (Lipinski definition) is 3. The highest BCUT2D eigenvalue weighted by molar-refractivity contribution is 5.88. The number of nitrogens with one attached hydrogen (secondary N) is 2. The second-order valence-corrected chi connectivity index (χ2v) is 5.95. The van der Waals surface area contributed by atoms with Crippen LogP contribution in [0.15, 0.2) is 12.3 Å². The monoisotopic (exact) mass is 310 g/mol. The molecule has 1 unspecified atom stereocenters. The van der Waals surface area contributed by atoms with E-state index in [4.69, 9.17) is 0 Å². The number of urea groups is 1. The van der Waals surface area contributed by atoms with Crippen molar-refractivity contribution >= 4 is 11.8 Å². The zero-order valence-corrected chi connectivity index (χ0v) is 14.2. The van der Waals surface area contributed by atoms with Crippen LogP contribution in [0.5, 0.6) is 0 Å². The van der Waals surface area contributed by atoms with E-state index in [9.17, 15) is 9.90 Å². The van der Waals surface area contributed by atoms with Crippen LogP contribution in [0.25, 0.3) is 0 Å². The third-order valence-electron chi connectivity index (χ3n) is 3.93. The SMILES string of the molecule is CCCC(O)(CCC)CNC(=O)Nc1ccnn1C(C)CC. The van der Waals surface area contributed by atoms with Crippen LogP contribution in [0.2, 0.25) is 0 Å². The first-order valence-electron chi connectivity index (χ1n) is 8.26. The highest BCUT2D eigenvalue weighted by Crippen LogP contribution is 2.19. The lowest BCUT2D eigenvalue weighted by atomic mass is 9.93. The molecule has 0 aromatic carbocycles. The standard InChI is InChI=1S/C16H30N4O2/c1-5-9-16(22,10-6-2)12-17-15(21)19-14-8-11-18-20(14)13(4)7-3/h8,11,13,22H,5-7,9-10,12H2,1-4H3,(H2,17,19,21). The van der Waals surface area contributed by atoms with Gasteiger partial charge >= 0.3 is 6.03 Å². The van der Waals surface area contributed by atoms with E-state index in [1.165, 1.54) is 0 Å². The van der Waals surface area contributed by atoms with Crippen molar-refractivity contribution in [3.05, 3.63) is 12.3 Å². The van der Waals surface area contributed by atoms with Crippen LogP contribution in [-0.2, 0) is 0 Å². The molecule has 0 radical (unpaired) electrons. The highest BCUT2D eigenvalue weighted by atomic mass is 16.3. The maximum atomic E-state index is 12.1. The minimum atomic E-state index is -0.822. The summed E-state index contributed by atoms with van der Waals surface area (Å²) in [7, 11) is 0. The van der Waals surface area contributed by atoms with Crippen molar-refractivity contribution in [3.63, 3.8) is 0 Å². The first-order valence-corrected chi connectivity index (χ1v) is 8.26. The van der Waals surface area contributed by atoms with E-state index < -0.39 is 5.60 Å². The summed E-state index contributed by atoms with van der Waals surface area (Å²) in [5.74, 6) is 0.668. The van der Waals surface area contributed by atoms with E-state index in [0.29, 0.717) is 18.7 Å². The fraction of sp³-hybridized carbons (Fsp3) is 0.750. The summed E-state index contributed by atoms with van der Waals surface area (Å²) in [6.45, 7) is 8.46. The Morgan fingerprint density at radius 2 is 2.00 bits per heavy atom. The molecule has 126 valence electrons. The van der Waals surface area contributed by atoms with Gasteiger partial charge in [-0.2, -0.15) is 5.10 Å². The van der Waals surface area contributed by atoms with Crippen LogP contribution in [0.4, 0.5) is 10.6 Å². The van der Waals surface area contributed by atoms with Gasteiger partial charge in [-0.3, -0.25) is 5.32 Å². The molecule has 0 aliphatic rings. The number of nitrogens with zero attached hydrogens (tertiary/aromatic N) is 2. The molecular weight excluding hydrogens is 280 g/mol. The van der Waals surface area contributed by atoms with Gasteiger partial charge in [0.15, 0.2) is 0 Å². The number of amides is 2. The Labute approximate surface area is 133 Å². The second kappa shape index (κ2) is 8.78. The predicted molar refractivity (Wildman–Crippen MR) is 89.0 cm³/mol. The van der Waals surface area contributed by atoms with E-state index in [1.807, 2.05) is 13.8 Å². The van der Waals surface area contributed by atoms with Crippen molar-refractivity contribution in [2.75, 3.05) is 11.9 Å². The molecule has 1 atom stereocenters. The van der Waals surface area contributed by atoms with E-state index in [1.54, 1.807) is 16.9 Å². The summed E-state index contributed by atoms with van der Waals surface area (Å²) in [4.78, 5) is 12.1. The quantitative estimate of drug-likeness (QED) is 0.654. The minimum Gasteiger partial charge on any atom is -0.388 e. The summed E-state index contributed by atoms with van der Waals surface area (Å²) >= 11 is 0. The Balaban J connectivity index is 2.58. The van der Waals surface area contributed by atoms with Crippen molar-refractivity contribution in [2.45, 2.75) is 71.4 Å². The van der Waals surface area contributed by atoms with Gasteiger partial charge in [-0.1, -0.05) is 33.6 Å². The normalized spacial score (nSPS) is 13.0. The van der Waals surface area contributed by atoms with Crippen molar-refractivity contribution in [3.8, 4) is 0 Å². The Kier molecular flexibility index (Phi) is 7.38. The van der Waals surface area contributed by atoms with E-state index >= 15 is 0 Å². The molecule has 22 heavy (non-hydrogen) atoms. The smallest absolute Gasteiger partial charge is 0.320 e.